The number of carbonyl (C=O) groups excluding carboxylic acids is 1. The highest BCUT2D eigenvalue weighted by atomic mass is 16.5. The van der Waals surface area contributed by atoms with Crippen molar-refractivity contribution in [3.63, 3.8) is 0 Å². The van der Waals surface area contributed by atoms with Crippen LogP contribution in [0.15, 0.2) is 0 Å². The lowest BCUT2D eigenvalue weighted by atomic mass is 9.85. The van der Waals surface area contributed by atoms with Crippen molar-refractivity contribution in [2.45, 2.75) is 51.7 Å². The summed E-state index contributed by atoms with van der Waals surface area (Å²) in [6.45, 7) is 11.1. The second-order valence-electron chi connectivity index (χ2n) is 7.59. The first-order valence-electron chi connectivity index (χ1n) is 9.72. The second kappa shape index (κ2) is 10.1. The zero-order valence-electron chi connectivity index (χ0n) is 16.2. The number of urea groups is 1. The van der Waals surface area contributed by atoms with Crippen LogP contribution >= 0.6 is 0 Å². The van der Waals surface area contributed by atoms with Gasteiger partial charge in [-0.15, -0.1) is 0 Å². The predicted octanol–water partition coefficient (Wildman–Crippen LogP) is 0.580. The summed E-state index contributed by atoms with van der Waals surface area (Å²) >= 11 is 0. The Kier molecular flexibility index (Phi) is 8.12. The van der Waals surface area contributed by atoms with E-state index in [9.17, 15) is 9.59 Å². The summed E-state index contributed by atoms with van der Waals surface area (Å²) in [5, 5.41) is 15.0. The molecule has 2 aliphatic rings. The molecule has 1 saturated carbocycles. The van der Waals surface area contributed by atoms with Crippen LogP contribution in [-0.2, 0) is 9.53 Å². The third-order valence-electron chi connectivity index (χ3n) is 5.47. The summed E-state index contributed by atoms with van der Waals surface area (Å²) in [6.07, 6.45) is 1.62. The number of carbonyl (C=O) groups is 2. The maximum absolute atomic E-state index is 12.2. The predicted molar refractivity (Wildman–Crippen MR) is 99.2 cm³/mol. The van der Waals surface area contributed by atoms with Crippen molar-refractivity contribution in [3.05, 3.63) is 0 Å². The fraction of sp³-hybridized carbons (Fsp3) is 0.889. The van der Waals surface area contributed by atoms with E-state index in [-0.39, 0.29) is 24.7 Å². The maximum Gasteiger partial charge on any atom is 0.317 e. The lowest BCUT2D eigenvalue weighted by molar-refractivity contribution is -0.139. The van der Waals surface area contributed by atoms with Crippen LogP contribution in [0.25, 0.3) is 0 Å². The molecule has 0 aromatic heterocycles. The molecule has 0 aromatic carbocycles. The number of morpholine rings is 1. The van der Waals surface area contributed by atoms with Gasteiger partial charge in [0.05, 0.1) is 19.8 Å². The highest BCUT2D eigenvalue weighted by molar-refractivity contribution is 5.74. The molecule has 2 rings (SSSR count). The lowest BCUT2D eigenvalue weighted by Crippen LogP contribution is -2.57. The number of rotatable bonds is 9. The second-order valence-corrected chi connectivity index (χ2v) is 7.59. The van der Waals surface area contributed by atoms with Crippen molar-refractivity contribution < 1.29 is 19.4 Å². The summed E-state index contributed by atoms with van der Waals surface area (Å²) in [7, 11) is 0. The molecule has 0 aromatic rings. The van der Waals surface area contributed by atoms with Gasteiger partial charge in [0.25, 0.3) is 0 Å². The first kappa shape index (κ1) is 20.9. The van der Waals surface area contributed by atoms with Crippen molar-refractivity contribution in [1.82, 2.24) is 20.4 Å². The molecular weight excluding hydrogens is 336 g/mol. The third kappa shape index (κ3) is 6.10. The lowest BCUT2D eigenvalue weighted by Gasteiger charge is -2.42. The van der Waals surface area contributed by atoms with E-state index in [1.165, 1.54) is 0 Å². The monoisotopic (exact) mass is 370 g/mol. The summed E-state index contributed by atoms with van der Waals surface area (Å²) in [6, 6.07) is 0.556. The first-order valence-corrected chi connectivity index (χ1v) is 9.72. The molecule has 1 aliphatic heterocycles. The number of ether oxygens (including phenoxy) is 1. The molecule has 0 spiro atoms. The highest BCUT2D eigenvalue weighted by Crippen LogP contribution is 2.25. The fourth-order valence-corrected chi connectivity index (χ4v) is 3.81. The van der Waals surface area contributed by atoms with E-state index in [0.717, 1.165) is 39.1 Å². The number of carboxylic acids is 1. The third-order valence-corrected chi connectivity index (χ3v) is 5.47. The van der Waals surface area contributed by atoms with Crippen LogP contribution in [0.1, 0.15) is 33.6 Å². The van der Waals surface area contributed by atoms with Crippen molar-refractivity contribution in [2.75, 3.05) is 45.9 Å². The van der Waals surface area contributed by atoms with Crippen LogP contribution in [0.4, 0.5) is 4.79 Å². The summed E-state index contributed by atoms with van der Waals surface area (Å²) in [5.41, 5.74) is 0. The smallest absolute Gasteiger partial charge is 0.317 e. The van der Waals surface area contributed by atoms with Crippen LogP contribution in [0.3, 0.4) is 0 Å². The zero-order chi connectivity index (χ0) is 19.1. The molecule has 1 unspecified atom stereocenters. The van der Waals surface area contributed by atoms with Crippen LogP contribution < -0.4 is 10.6 Å². The molecule has 3 N–H and O–H groups in total. The van der Waals surface area contributed by atoms with Crippen LogP contribution in [0.5, 0.6) is 0 Å². The normalized spacial score (nSPS) is 25.0. The molecule has 1 aliphatic carbocycles. The molecule has 8 heteroatoms. The summed E-state index contributed by atoms with van der Waals surface area (Å²) < 4.78 is 5.41. The van der Waals surface area contributed by atoms with E-state index in [2.05, 4.69) is 29.4 Å². The van der Waals surface area contributed by atoms with Gasteiger partial charge < -0.3 is 20.5 Å². The minimum Gasteiger partial charge on any atom is -0.480 e. The molecule has 1 atom stereocenters. The molecule has 0 bridgehead atoms. The van der Waals surface area contributed by atoms with E-state index >= 15 is 0 Å². The van der Waals surface area contributed by atoms with Crippen LogP contribution in [-0.4, -0.2) is 91.0 Å². The molecular formula is C18H34N4O4. The Morgan fingerprint density at radius 1 is 1.27 bits per heavy atom. The van der Waals surface area contributed by atoms with Crippen LogP contribution in [0.2, 0.25) is 0 Å². The Balaban J connectivity index is 1.69. The van der Waals surface area contributed by atoms with Crippen molar-refractivity contribution in [1.29, 1.82) is 0 Å². The molecule has 1 heterocycles. The first-order chi connectivity index (χ1) is 12.4. The molecule has 8 nitrogen and oxygen atoms in total. The number of nitrogens with zero attached hydrogens (tertiary/aromatic N) is 2. The van der Waals surface area contributed by atoms with Gasteiger partial charge in [0, 0.05) is 37.8 Å². The van der Waals surface area contributed by atoms with Gasteiger partial charge in [0.1, 0.15) is 0 Å². The molecule has 1 saturated heterocycles. The van der Waals surface area contributed by atoms with Gasteiger partial charge in [-0.05, 0) is 25.3 Å². The van der Waals surface area contributed by atoms with E-state index in [1.54, 1.807) is 0 Å². The zero-order valence-corrected chi connectivity index (χ0v) is 16.2. The molecule has 26 heavy (non-hydrogen) atoms. The minimum absolute atomic E-state index is 0.0652. The Hall–Kier alpha value is -1.38. The van der Waals surface area contributed by atoms with Gasteiger partial charge in [-0.3, -0.25) is 14.6 Å². The van der Waals surface area contributed by atoms with Gasteiger partial charge in [-0.2, -0.15) is 0 Å². The number of nitrogens with one attached hydrogen (secondary N) is 2. The highest BCUT2D eigenvalue weighted by Gasteiger charge is 2.34. The average Bonchev–Trinajstić information content (AvgIpc) is 2.56. The van der Waals surface area contributed by atoms with Gasteiger partial charge >= 0.3 is 12.0 Å². The number of amides is 2. The van der Waals surface area contributed by atoms with E-state index in [4.69, 9.17) is 9.84 Å². The fourth-order valence-electron chi connectivity index (χ4n) is 3.81. The SMILES string of the molecule is CCN(CC(=O)O)C1CC(NC(=O)NCC(C(C)C)N2CCOCC2)C1. The van der Waals surface area contributed by atoms with E-state index in [1.807, 2.05) is 11.8 Å². The van der Waals surface area contributed by atoms with Gasteiger partial charge in [0.15, 0.2) is 0 Å². The molecule has 0 radical (unpaired) electrons. The number of hydrogen-bond acceptors (Lipinski definition) is 5. The van der Waals surface area contributed by atoms with Crippen molar-refractivity contribution in [3.8, 4) is 0 Å². The van der Waals surface area contributed by atoms with Crippen LogP contribution in [0, 0.1) is 5.92 Å². The number of carboxylic acid groups (broad SMARTS) is 1. The van der Waals surface area contributed by atoms with Gasteiger partial charge in [0.2, 0.25) is 0 Å². The van der Waals surface area contributed by atoms with Crippen molar-refractivity contribution >= 4 is 12.0 Å². The van der Waals surface area contributed by atoms with E-state index < -0.39 is 5.97 Å². The largest absolute Gasteiger partial charge is 0.480 e. The molecule has 150 valence electrons. The number of hydrogen-bond donors (Lipinski definition) is 3. The van der Waals surface area contributed by atoms with Gasteiger partial charge in [-0.25, -0.2) is 4.79 Å². The Morgan fingerprint density at radius 2 is 1.92 bits per heavy atom. The Morgan fingerprint density at radius 3 is 2.46 bits per heavy atom. The molecule has 2 fully saturated rings. The topological polar surface area (TPSA) is 94.1 Å². The molecule has 2 amide bonds. The Labute approximate surface area is 156 Å². The summed E-state index contributed by atoms with van der Waals surface area (Å²) in [5.74, 6) is -0.348. The standard InChI is InChI=1S/C18H34N4O4/c1-4-21(12-17(23)24)15-9-14(10-15)20-18(25)19-11-16(13(2)3)22-5-7-26-8-6-22/h13-16H,4-12H2,1-3H3,(H,23,24)(H2,19,20,25). The van der Waals surface area contributed by atoms with Crippen molar-refractivity contribution in [2.24, 2.45) is 5.92 Å². The van der Waals surface area contributed by atoms with Gasteiger partial charge in [-0.1, -0.05) is 20.8 Å². The van der Waals surface area contributed by atoms with E-state index in [0.29, 0.717) is 25.0 Å². The number of aliphatic carboxylic acids is 1. The minimum atomic E-state index is -0.802. The average molecular weight is 370 g/mol. The Bertz CT molecular complexity index is 462. The summed E-state index contributed by atoms with van der Waals surface area (Å²) in [4.78, 5) is 27.4. The number of likely N-dealkylation sites (N-methyl/N-ethyl adjacent to an activating group) is 1. The quantitative estimate of drug-likeness (QED) is 0.550. The maximum atomic E-state index is 12.2.